The van der Waals surface area contributed by atoms with Gasteiger partial charge in [-0.15, -0.1) is 0 Å². The topological polar surface area (TPSA) is 34.1 Å². The zero-order valence-electron chi connectivity index (χ0n) is 8.24. The number of anilines is 1. The lowest BCUT2D eigenvalue weighted by Crippen LogP contribution is -1.93. The van der Waals surface area contributed by atoms with Crippen LogP contribution in [0, 0.1) is 0 Å². The van der Waals surface area contributed by atoms with E-state index in [1.165, 1.54) is 0 Å². The first-order valence-electron chi connectivity index (χ1n) is 4.46. The molecule has 2 rings (SSSR count). The van der Waals surface area contributed by atoms with E-state index in [0.717, 1.165) is 22.3 Å². The first kappa shape index (κ1) is 8.81. The molecule has 1 aromatic carbocycles. The molecule has 1 N–H and O–H groups in total. The molecule has 0 aliphatic carbocycles. The van der Waals surface area contributed by atoms with Gasteiger partial charge in [-0.05, 0) is 24.3 Å². The molecule has 14 heavy (non-hydrogen) atoms. The Morgan fingerprint density at radius 3 is 2.86 bits per heavy atom. The number of aromatic nitrogens is 1. The Balaban J connectivity index is 2.78. The quantitative estimate of drug-likeness (QED) is 0.785. The second kappa shape index (κ2) is 3.54. The van der Waals surface area contributed by atoms with E-state index in [-0.39, 0.29) is 0 Å². The van der Waals surface area contributed by atoms with Crippen LogP contribution in [0.2, 0.25) is 0 Å². The SMILES string of the molecule is CNc1ccc(OC)c2ncccc12. The predicted octanol–water partition coefficient (Wildman–Crippen LogP) is 2.29. The average Bonchev–Trinajstić information content (AvgIpc) is 2.27. The van der Waals surface area contributed by atoms with Crippen LogP contribution in [0.25, 0.3) is 10.9 Å². The highest BCUT2D eigenvalue weighted by Gasteiger charge is 2.04. The van der Waals surface area contributed by atoms with Gasteiger partial charge in [0, 0.05) is 24.3 Å². The molecule has 0 fully saturated rings. The van der Waals surface area contributed by atoms with Crippen LogP contribution in [-0.4, -0.2) is 19.1 Å². The zero-order valence-corrected chi connectivity index (χ0v) is 8.24. The predicted molar refractivity (Wildman–Crippen MR) is 57.8 cm³/mol. The number of nitrogens with one attached hydrogen (secondary N) is 1. The van der Waals surface area contributed by atoms with E-state index in [1.54, 1.807) is 13.3 Å². The van der Waals surface area contributed by atoms with Crippen molar-refractivity contribution in [1.29, 1.82) is 0 Å². The maximum atomic E-state index is 5.24. The Morgan fingerprint density at radius 2 is 2.14 bits per heavy atom. The van der Waals surface area contributed by atoms with Crippen LogP contribution in [-0.2, 0) is 0 Å². The average molecular weight is 188 g/mol. The second-order valence-corrected chi connectivity index (χ2v) is 2.96. The monoisotopic (exact) mass is 188 g/mol. The number of methoxy groups -OCH3 is 1. The molecule has 0 atom stereocenters. The van der Waals surface area contributed by atoms with Crippen LogP contribution >= 0.6 is 0 Å². The van der Waals surface area contributed by atoms with Gasteiger partial charge in [-0.25, -0.2) is 0 Å². The summed E-state index contributed by atoms with van der Waals surface area (Å²) in [6.07, 6.45) is 1.77. The molecule has 0 aliphatic heterocycles. The highest BCUT2D eigenvalue weighted by molar-refractivity contribution is 5.95. The van der Waals surface area contributed by atoms with E-state index in [0.29, 0.717) is 0 Å². The molecule has 0 amide bonds. The van der Waals surface area contributed by atoms with Gasteiger partial charge in [0.05, 0.1) is 7.11 Å². The number of ether oxygens (including phenoxy) is 1. The summed E-state index contributed by atoms with van der Waals surface area (Å²) in [5, 5.41) is 4.20. The molecule has 1 aromatic heterocycles. The third kappa shape index (κ3) is 1.27. The van der Waals surface area contributed by atoms with Crippen molar-refractivity contribution in [2.24, 2.45) is 0 Å². The molecule has 0 bridgehead atoms. The van der Waals surface area contributed by atoms with Crippen molar-refractivity contribution in [3.63, 3.8) is 0 Å². The van der Waals surface area contributed by atoms with Crippen LogP contribution in [0.1, 0.15) is 0 Å². The highest BCUT2D eigenvalue weighted by atomic mass is 16.5. The van der Waals surface area contributed by atoms with Crippen LogP contribution < -0.4 is 10.1 Å². The smallest absolute Gasteiger partial charge is 0.145 e. The minimum Gasteiger partial charge on any atom is -0.494 e. The Bertz CT molecular complexity index is 411. The van der Waals surface area contributed by atoms with Crippen molar-refractivity contribution in [2.75, 3.05) is 19.5 Å². The van der Waals surface area contributed by atoms with Gasteiger partial charge in [-0.2, -0.15) is 0 Å². The Labute approximate surface area is 82.7 Å². The highest BCUT2D eigenvalue weighted by Crippen LogP contribution is 2.28. The molecular formula is C11H12N2O. The van der Waals surface area contributed by atoms with Gasteiger partial charge in [0.15, 0.2) is 0 Å². The molecule has 0 saturated carbocycles. The molecule has 0 unspecified atom stereocenters. The molecule has 2 aromatic rings. The van der Waals surface area contributed by atoms with Crippen molar-refractivity contribution in [3.05, 3.63) is 30.5 Å². The van der Waals surface area contributed by atoms with E-state index in [2.05, 4.69) is 10.3 Å². The van der Waals surface area contributed by atoms with Crippen molar-refractivity contribution in [1.82, 2.24) is 4.98 Å². The number of hydrogen-bond donors (Lipinski definition) is 1. The van der Waals surface area contributed by atoms with Gasteiger partial charge in [0.1, 0.15) is 11.3 Å². The minimum atomic E-state index is 0.805. The van der Waals surface area contributed by atoms with Gasteiger partial charge < -0.3 is 10.1 Å². The Kier molecular flexibility index (Phi) is 2.23. The summed E-state index contributed by atoms with van der Waals surface area (Å²) < 4.78 is 5.24. The van der Waals surface area contributed by atoms with E-state index >= 15 is 0 Å². The van der Waals surface area contributed by atoms with Gasteiger partial charge in [0.25, 0.3) is 0 Å². The van der Waals surface area contributed by atoms with Gasteiger partial charge in [0.2, 0.25) is 0 Å². The maximum Gasteiger partial charge on any atom is 0.145 e. The third-order valence-corrected chi connectivity index (χ3v) is 2.22. The molecule has 72 valence electrons. The first-order valence-corrected chi connectivity index (χ1v) is 4.46. The van der Waals surface area contributed by atoms with E-state index in [1.807, 2.05) is 31.3 Å². The largest absolute Gasteiger partial charge is 0.494 e. The molecular weight excluding hydrogens is 176 g/mol. The van der Waals surface area contributed by atoms with Gasteiger partial charge >= 0.3 is 0 Å². The number of hydrogen-bond acceptors (Lipinski definition) is 3. The molecule has 3 heteroatoms. The fourth-order valence-electron chi connectivity index (χ4n) is 1.53. The normalized spacial score (nSPS) is 10.1. The number of benzene rings is 1. The molecule has 0 spiro atoms. The van der Waals surface area contributed by atoms with E-state index in [9.17, 15) is 0 Å². The summed E-state index contributed by atoms with van der Waals surface area (Å²) in [5.41, 5.74) is 1.95. The Hall–Kier alpha value is -1.77. The van der Waals surface area contributed by atoms with Crippen molar-refractivity contribution in [3.8, 4) is 5.75 Å². The zero-order chi connectivity index (χ0) is 9.97. The van der Waals surface area contributed by atoms with Crippen LogP contribution in [0.5, 0.6) is 5.75 Å². The molecule has 0 saturated heterocycles. The Morgan fingerprint density at radius 1 is 1.29 bits per heavy atom. The van der Waals surface area contributed by atoms with Crippen LogP contribution in [0.15, 0.2) is 30.5 Å². The van der Waals surface area contributed by atoms with Crippen LogP contribution in [0.3, 0.4) is 0 Å². The van der Waals surface area contributed by atoms with Crippen LogP contribution in [0.4, 0.5) is 5.69 Å². The summed E-state index contributed by atoms with van der Waals surface area (Å²) in [5.74, 6) is 0.805. The molecule has 1 heterocycles. The summed E-state index contributed by atoms with van der Waals surface area (Å²) >= 11 is 0. The lowest BCUT2D eigenvalue weighted by Gasteiger charge is -2.08. The van der Waals surface area contributed by atoms with Gasteiger partial charge in [-0.1, -0.05) is 0 Å². The fraction of sp³-hybridized carbons (Fsp3) is 0.182. The van der Waals surface area contributed by atoms with E-state index in [4.69, 9.17) is 4.74 Å². The van der Waals surface area contributed by atoms with Crippen molar-refractivity contribution in [2.45, 2.75) is 0 Å². The number of rotatable bonds is 2. The van der Waals surface area contributed by atoms with Crippen molar-refractivity contribution < 1.29 is 4.74 Å². The summed E-state index contributed by atoms with van der Waals surface area (Å²) in [6, 6.07) is 7.85. The standard InChI is InChI=1S/C11H12N2O/c1-12-9-5-6-10(14-2)11-8(9)4-3-7-13-11/h3-7,12H,1-2H3. The second-order valence-electron chi connectivity index (χ2n) is 2.96. The van der Waals surface area contributed by atoms with Crippen molar-refractivity contribution >= 4 is 16.6 Å². The molecule has 0 aliphatic rings. The lowest BCUT2D eigenvalue weighted by atomic mass is 10.1. The maximum absolute atomic E-state index is 5.24. The summed E-state index contributed by atoms with van der Waals surface area (Å²) in [7, 11) is 3.55. The third-order valence-electron chi connectivity index (χ3n) is 2.22. The fourth-order valence-corrected chi connectivity index (χ4v) is 1.53. The number of fused-ring (bicyclic) bond motifs is 1. The first-order chi connectivity index (χ1) is 6.86. The molecule has 0 radical (unpaired) electrons. The summed E-state index contributed by atoms with van der Waals surface area (Å²) in [4.78, 5) is 4.30. The minimum absolute atomic E-state index is 0.805. The molecule has 3 nitrogen and oxygen atoms in total. The number of nitrogens with zero attached hydrogens (tertiary/aromatic N) is 1. The van der Waals surface area contributed by atoms with Gasteiger partial charge in [-0.3, -0.25) is 4.98 Å². The lowest BCUT2D eigenvalue weighted by molar-refractivity contribution is 0.419. The number of pyridine rings is 1. The van der Waals surface area contributed by atoms with E-state index < -0.39 is 0 Å². The summed E-state index contributed by atoms with van der Waals surface area (Å²) in [6.45, 7) is 0.